The van der Waals surface area contributed by atoms with Crippen LogP contribution in [0.5, 0.6) is 5.75 Å². The van der Waals surface area contributed by atoms with E-state index in [1.54, 1.807) is 11.7 Å². The number of ether oxygens (including phenoxy) is 2. The van der Waals surface area contributed by atoms with E-state index in [1.165, 1.54) is 61.5 Å². The Bertz CT molecular complexity index is 2880. The molecule has 0 unspecified atom stereocenters. The van der Waals surface area contributed by atoms with Crippen molar-refractivity contribution in [2.45, 2.75) is 63.2 Å². The van der Waals surface area contributed by atoms with Crippen molar-refractivity contribution in [1.29, 1.82) is 5.26 Å². The molecule has 4 aromatic carbocycles. The summed E-state index contributed by atoms with van der Waals surface area (Å²) in [5.41, 5.74) is -0.533. The molecular formula is C45H40F5N9O4S. The summed E-state index contributed by atoms with van der Waals surface area (Å²) in [6, 6.07) is 18.8. The molecule has 330 valence electrons. The lowest BCUT2D eigenvalue weighted by atomic mass is 9.83. The molecule has 4 heterocycles. The van der Waals surface area contributed by atoms with Crippen LogP contribution in [0.4, 0.5) is 39.0 Å². The second kappa shape index (κ2) is 17.4. The fraction of sp³-hybridized carbons (Fsp3) is 0.311. The molecule has 64 heavy (non-hydrogen) atoms. The van der Waals surface area contributed by atoms with Crippen molar-refractivity contribution >= 4 is 51.1 Å². The van der Waals surface area contributed by atoms with Crippen LogP contribution in [0.3, 0.4) is 0 Å². The summed E-state index contributed by atoms with van der Waals surface area (Å²) in [5, 5.41) is 24.4. The van der Waals surface area contributed by atoms with Gasteiger partial charge in [0.25, 0.3) is 11.5 Å². The molecule has 2 aromatic heterocycles. The van der Waals surface area contributed by atoms with E-state index >= 15 is 4.39 Å². The summed E-state index contributed by atoms with van der Waals surface area (Å²) >= 11 is 5.55. The Balaban J connectivity index is 0.805. The predicted octanol–water partition coefficient (Wildman–Crippen LogP) is 8.24. The first-order chi connectivity index (χ1) is 30.6. The highest BCUT2D eigenvalue weighted by molar-refractivity contribution is 7.81. The summed E-state index contributed by atoms with van der Waals surface area (Å²) in [6.45, 7) is 4.13. The number of anilines is 3. The maximum absolute atomic E-state index is 15.3. The van der Waals surface area contributed by atoms with Gasteiger partial charge < -0.3 is 19.7 Å². The average molecular weight is 898 g/mol. The quantitative estimate of drug-likeness (QED) is 0.0618. The number of hydrogen-bond acceptors (Lipinski definition) is 10. The fourth-order valence-corrected chi connectivity index (χ4v) is 8.77. The predicted molar refractivity (Wildman–Crippen MR) is 231 cm³/mol. The smallest absolute Gasteiger partial charge is 0.417 e. The molecule has 0 spiro atoms. The van der Waals surface area contributed by atoms with E-state index in [1.807, 2.05) is 24.3 Å². The lowest BCUT2D eigenvalue weighted by molar-refractivity contribution is -0.137. The topological polar surface area (TPSA) is 154 Å². The van der Waals surface area contributed by atoms with Gasteiger partial charge >= 0.3 is 6.18 Å². The Morgan fingerprint density at radius 1 is 0.938 bits per heavy atom. The number of halogens is 5. The van der Waals surface area contributed by atoms with Crippen molar-refractivity contribution in [2.75, 3.05) is 34.9 Å². The molecule has 2 atom stereocenters. The van der Waals surface area contributed by atoms with Crippen LogP contribution in [-0.4, -0.2) is 61.3 Å². The first-order valence-corrected chi connectivity index (χ1v) is 20.7. The molecule has 1 amide bonds. The van der Waals surface area contributed by atoms with Crippen molar-refractivity contribution in [3.05, 3.63) is 135 Å². The maximum Gasteiger partial charge on any atom is 0.417 e. The Morgan fingerprint density at radius 2 is 1.69 bits per heavy atom. The zero-order valence-electron chi connectivity index (χ0n) is 34.7. The van der Waals surface area contributed by atoms with E-state index < -0.39 is 51.9 Å². The van der Waals surface area contributed by atoms with Gasteiger partial charge in [0.2, 0.25) is 0 Å². The van der Waals surface area contributed by atoms with Crippen molar-refractivity contribution in [3.8, 4) is 11.8 Å². The lowest BCUT2D eigenvalue weighted by Crippen LogP contribution is -2.44. The van der Waals surface area contributed by atoms with Crippen molar-refractivity contribution in [1.82, 2.24) is 25.0 Å². The molecule has 0 saturated carbocycles. The number of alkyl halides is 3. The highest BCUT2D eigenvalue weighted by atomic mass is 32.1. The average Bonchev–Trinajstić information content (AvgIpc) is 3.76. The molecule has 19 heteroatoms. The number of aryl methyl sites for hydroxylation is 2. The Kier molecular flexibility index (Phi) is 11.9. The number of amides is 1. The molecule has 0 aliphatic carbocycles. The van der Waals surface area contributed by atoms with Crippen molar-refractivity contribution in [3.63, 3.8) is 0 Å². The number of hydrogen-bond donors (Lipinski definition) is 2. The van der Waals surface area contributed by atoms with Crippen LogP contribution in [0.1, 0.15) is 78.8 Å². The second-order valence-corrected chi connectivity index (χ2v) is 16.3. The highest BCUT2D eigenvalue weighted by Gasteiger charge is 2.51. The summed E-state index contributed by atoms with van der Waals surface area (Å²) < 4.78 is 84.2. The van der Waals surface area contributed by atoms with E-state index in [2.05, 4.69) is 25.6 Å². The van der Waals surface area contributed by atoms with E-state index in [0.717, 1.165) is 47.4 Å². The van der Waals surface area contributed by atoms with Gasteiger partial charge in [-0.05, 0) is 98.9 Å². The second-order valence-electron chi connectivity index (χ2n) is 15.9. The first-order valence-electron chi connectivity index (χ1n) is 20.3. The van der Waals surface area contributed by atoms with Crippen LogP contribution in [0.25, 0.3) is 10.8 Å². The van der Waals surface area contributed by atoms with E-state index in [0.29, 0.717) is 48.3 Å². The number of H-pyrrole nitrogens is 1. The molecule has 8 rings (SSSR count). The molecule has 0 bridgehead atoms. The van der Waals surface area contributed by atoms with Crippen LogP contribution in [-0.2, 0) is 29.2 Å². The molecule has 1 saturated heterocycles. The summed E-state index contributed by atoms with van der Waals surface area (Å²) in [4.78, 5) is 32.9. The number of aromatic amines is 1. The number of benzene rings is 4. The molecule has 13 nitrogen and oxygen atoms in total. The van der Waals surface area contributed by atoms with E-state index in [-0.39, 0.29) is 40.3 Å². The largest absolute Gasteiger partial charge is 0.490 e. The Hall–Kier alpha value is -6.78. The number of nitriles is 1. The van der Waals surface area contributed by atoms with Crippen LogP contribution in [0.2, 0.25) is 0 Å². The fourth-order valence-electron chi connectivity index (χ4n) is 8.25. The summed E-state index contributed by atoms with van der Waals surface area (Å²) in [5.74, 6) is -1.72. The number of nitrogens with zero attached hydrogens (tertiary/aromatic N) is 7. The number of unbranched alkanes of at least 4 members (excludes halogenated alkanes) is 1. The van der Waals surface area contributed by atoms with E-state index in [4.69, 9.17) is 21.7 Å². The maximum atomic E-state index is 15.3. The van der Waals surface area contributed by atoms with Crippen molar-refractivity contribution in [2.24, 2.45) is 7.05 Å². The normalized spacial score (nSPS) is 16.9. The molecule has 2 aliphatic heterocycles. The molecule has 2 N–H and O–H groups in total. The molecule has 0 radical (unpaired) electrons. The Morgan fingerprint density at radius 3 is 2.39 bits per heavy atom. The zero-order chi connectivity index (χ0) is 45.5. The summed E-state index contributed by atoms with van der Waals surface area (Å²) in [6.07, 6.45) is -0.419. The van der Waals surface area contributed by atoms with Gasteiger partial charge in [-0.15, -0.1) is 0 Å². The van der Waals surface area contributed by atoms with Gasteiger partial charge in [0.05, 0.1) is 52.5 Å². The minimum absolute atomic E-state index is 0.0321. The first kappa shape index (κ1) is 43.9. The molecular weight excluding hydrogens is 858 g/mol. The monoisotopic (exact) mass is 897 g/mol. The van der Waals surface area contributed by atoms with Crippen molar-refractivity contribution < 1.29 is 36.2 Å². The molecule has 6 aromatic rings. The zero-order valence-corrected chi connectivity index (χ0v) is 35.5. The van der Waals surface area contributed by atoms with Crippen LogP contribution in [0, 0.1) is 23.0 Å². The van der Waals surface area contributed by atoms with Gasteiger partial charge in [-0.25, -0.2) is 18.9 Å². The minimum Gasteiger partial charge on any atom is -0.490 e. The lowest BCUT2D eigenvalue weighted by Gasteiger charge is -2.33. The third-order valence-corrected chi connectivity index (χ3v) is 11.8. The van der Waals surface area contributed by atoms with E-state index in [9.17, 15) is 32.4 Å². The number of rotatable bonds is 14. The SMILES string of the molecule is Cn1ncnc1[C@H]1c2n[nH]c(=O)c3cc(F)cc(c23)N[C@@H]1c1ccc(CCCCOCCCOc2ccc(N3C(=S)N(c4ccc(C#N)c(C(F)(F)F)c4)C(=O)C3(C)C)cc2F)cc1. The van der Waals surface area contributed by atoms with Crippen LogP contribution < -0.4 is 25.4 Å². The number of nitrogens with one attached hydrogen (secondary N) is 2. The highest BCUT2D eigenvalue weighted by Crippen LogP contribution is 2.46. The minimum atomic E-state index is -4.84. The third kappa shape index (κ3) is 8.26. The van der Waals surface area contributed by atoms with Gasteiger partial charge in [0.15, 0.2) is 16.7 Å². The van der Waals surface area contributed by atoms with Crippen LogP contribution >= 0.6 is 12.2 Å². The molecule has 2 aliphatic rings. The number of aromatic nitrogens is 5. The van der Waals surface area contributed by atoms with Gasteiger partial charge in [0, 0.05) is 49.5 Å². The van der Waals surface area contributed by atoms with Gasteiger partial charge in [0.1, 0.15) is 23.5 Å². The van der Waals surface area contributed by atoms with Crippen LogP contribution in [0.15, 0.2) is 83.9 Å². The third-order valence-electron chi connectivity index (χ3n) is 11.4. The number of carbonyl (C=O) groups excluding carboxylic acids is 1. The van der Waals surface area contributed by atoms with Gasteiger partial charge in [-0.2, -0.15) is 28.6 Å². The molecule has 1 fully saturated rings. The Labute approximate surface area is 368 Å². The summed E-state index contributed by atoms with van der Waals surface area (Å²) in [7, 11) is 1.78. The number of thiocarbonyl (C=S) groups is 1. The van der Waals surface area contributed by atoms with Gasteiger partial charge in [-0.1, -0.05) is 24.3 Å². The van der Waals surface area contributed by atoms with Gasteiger partial charge in [-0.3, -0.25) is 19.2 Å². The standard InChI is InChI=1S/C45H40F5N9O4S/c1-44(2)42(61)58(29-13-12-27(23-51)32(21-29)45(48,49)50)43(64)59(44)30-14-15-35(33(47)22-30)63-18-6-17-62-16-5-4-7-25-8-10-26(11-9-25)38-37(40-52-24-53-57(40)3)39-36-31(41(60)56-55-39)19-28(46)20-34(36)54-38/h8-15,19-22,24,37-38,54H,4-7,16-18H2,1-3H3,(H,56,60)/t37-,38-/m1/s1. The number of carbonyl (C=O) groups is 1.